The molecule has 13 heavy (non-hydrogen) atoms. The predicted molar refractivity (Wildman–Crippen MR) is 50.2 cm³/mol. The van der Waals surface area contributed by atoms with E-state index in [0.717, 1.165) is 0 Å². The molecule has 1 aliphatic rings. The van der Waals surface area contributed by atoms with E-state index in [1.165, 1.54) is 12.8 Å². The van der Waals surface area contributed by atoms with E-state index in [9.17, 15) is 4.79 Å². The van der Waals surface area contributed by atoms with Crippen LogP contribution in [0, 0.1) is 5.92 Å². The number of hydrogen-bond donors (Lipinski definition) is 2. The average Bonchev–Trinajstić information content (AvgIpc) is 2.87. The number of rotatable bonds is 6. The zero-order valence-corrected chi connectivity index (χ0v) is 8.08. The molecule has 0 bridgehead atoms. The first-order valence-electron chi connectivity index (χ1n) is 4.74. The molecular weight excluding hydrogens is 168 g/mol. The number of methoxy groups -OCH3 is 1. The topological polar surface area (TPSA) is 64.3 Å². The Morgan fingerprint density at radius 1 is 1.69 bits per heavy atom. The van der Waals surface area contributed by atoms with E-state index in [-0.39, 0.29) is 11.9 Å². The fourth-order valence-corrected chi connectivity index (χ4v) is 1.24. The molecule has 0 heterocycles. The summed E-state index contributed by atoms with van der Waals surface area (Å²) in [7, 11) is 1.61. The minimum Gasteiger partial charge on any atom is -0.383 e. The fraction of sp³-hybridized carbons (Fsp3) is 0.889. The highest BCUT2D eigenvalue weighted by Gasteiger charge is 2.25. The number of ether oxygens (including phenoxy) is 1. The van der Waals surface area contributed by atoms with Crippen molar-refractivity contribution in [3.8, 4) is 0 Å². The Labute approximate surface area is 78.8 Å². The second-order valence-electron chi connectivity index (χ2n) is 3.60. The molecule has 1 atom stereocenters. The Morgan fingerprint density at radius 3 is 2.85 bits per heavy atom. The first-order chi connectivity index (χ1) is 6.26. The van der Waals surface area contributed by atoms with Crippen molar-refractivity contribution in [1.29, 1.82) is 0 Å². The number of nitrogens with one attached hydrogen (secondary N) is 1. The fourth-order valence-electron chi connectivity index (χ4n) is 1.24. The van der Waals surface area contributed by atoms with Gasteiger partial charge in [-0.25, -0.2) is 0 Å². The Kier molecular flexibility index (Phi) is 4.18. The summed E-state index contributed by atoms with van der Waals surface area (Å²) in [6.07, 6.45) is 3.05. The molecule has 0 aromatic rings. The molecule has 4 nitrogen and oxygen atoms in total. The molecule has 3 N–H and O–H groups in total. The molecular formula is C9H18N2O2. The van der Waals surface area contributed by atoms with Crippen LogP contribution in [0.15, 0.2) is 0 Å². The van der Waals surface area contributed by atoms with Gasteiger partial charge in [-0.15, -0.1) is 0 Å². The smallest absolute Gasteiger partial charge is 0.220 e. The summed E-state index contributed by atoms with van der Waals surface area (Å²) in [4.78, 5) is 11.3. The molecule has 0 aromatic heterocycles. The van der Waals surface area contributed by atoms with Gasteiger partial charge in [0.2, 0.25) is 5.91 Å². The third kappa shape index (κ3) is 4.24. The lowest BCUT2D eigenvalue weighted by Crippen LogP contribution is -2.43. The van der Waals surface area contributed by atoms with Crippen LogP contribution in [0.5, 0.6) is 0 Å². The van der Waals surface area contributed by atoms with Gasteiger partial charge in [0.15, 0.2) is 0 Å². The normalized spacial score (nSPS) is 18.3. The molecule has 0 radical (unpaired) electrons. The Balaban J connectivity index is 2.14. The average molecular weight is 186 g/mol. The van der Waals surface area contributed by atoms with Gasteiger partial charge < -0.3 is 15.8 Å². The molecule has 1 unspecified atom stereocenters. The van der Waals surface area contributed by atoms with E-state index < -0.39 is 0 Å². The molecule has 4 heteroatoms. The van der Waals surface area contributed by atoms with E-state index in [2.05, 4.69) is 5.32 Å². The van der Waals surface area contributed by atoms with Gasteiger partial charge in [-0.3, -0.25) is 4.79 Å². The predicted octanol–water partition coefficient (Wildman–Crippen LogP) is -0.124. The van der Waals surface area contributed by atoms with E-state index >= 15 is 0 Å². The van der Waals surface area contributed by atoms with Gasteiger partial charge in [-0.1, -0.05) is 0 Å². The Bertz CT molecular complexity index is 169. The van der Waals surface area contributed by atoms with Crippen molar-refractivity contribution in [3.63, 3.8) is 0 Å². The molecule has 0 saturated heterocycles. The van der Waals surface area contributed by atoms with Crippen LogP contribution in [0.25, 0.3) is 0 Å². The van der Waals surface area contributed by atoms with Crippen LogP contribution in [-0.2, 0) is 9.53 Å². The van der Waals surface area contributed by atoms with Crippen LogP contribution in [0.1, 0.15) is 19.3 Å². The van der Waals surface area contributed by atoms with Crippen LogP contribution in [0.2, 0.25) is 0 Å². The van der Waals surface area contributed by atoms with Crippen LogP contribution in [0.4, 0.5) is 0 Å². The molecule has 1 aliphatic carbocycles. The van der Waals surface area contributed by atoms with Crippen molar-refractivity contribution in [1.82, 2.24) is 5.32 Å². The van der Waals surface area contributed by atoms with E-state index in [1.54, 1.807) is 7.11 Å². The highest BCUT2D eigenvalue weighted by Crippen LogP contribution is 2.32. The maximum atomic E-state index is 11.3. The van der Waals surface area contributed by atoms with Crippen molar-refractivity contribution in [2.45, 2.75) is 25.3 Å². The van der Waals surface area contributed by atoms with Crippen LogP contribution in [0.3, 0.4) is 0 Å². The highest BCUT2D eigenvalue weighted by molar-refractivity contribution is 5.76. The number of amides is 1. The van der Waals surface area contributed by atoms with Gasteiger partial charge in [0, 0.05) is 20.1 Å². The number of nitrogens with two attached hydrogens (primary N) is 1. The SMILES string of the molecule is COCC(CN)NC(=O)CC1CC1. The van der Waals surface area contributed by atoms with Crippen LogP contribution >= 0.6 is 0 Å². The number of carbonyl (C=O) groups excluding carboxylic acids is 1. The van der Waals surface area contributed by atoms with Crippen molar-refractivity contribution in [3.05, 3.63) is 0 Å². The second-order valence-corrected chi connectivity index (χ2v) is 3.60. The van der Waals surface area contributed by atoms with Gasteiger partial charge in [-0.2, -0.15) is 0 Å². The van der Waals surface area contributed by atoms with Gasteiger partial charge in [0.25, 0.3) is 0 Å². The van der Waals surface area contributed by atoms with Crippen molar-refractivity contribution < 1.29 is 9.53 Å². The lowest BCUT2D eigenvalue weighted by Gasteiger charge is -2.15. The first-order valence-corrected chi connectivity index (χ1v) is 4.74. The largest absolute Gasteiger partial charge is 0.383 e. The maximum absolute atomic E-state index is 11.3. The third-order valence-corrected chi connectivity index (χ3v) is 2.19. The van der Waals surface area contributed by atoms with Crippen molar-refractivity contribution in [2.24, 2.45) is 11.7 Å². The van der Waals surface area contributed by atoms with Gasteiger partial charge >= 0.3 is 0 Å². The lowest BCUT2D eigenvalue weighted by molar-refractivity contribution is -0.122. The molecule has 0 aromatic carbocycles. The molecule has 0 spiro atoms. The molecule has 0 aliphatic heterocycles. The second kappa shape index (κ2) is 5.19. The first kappa shape index (κ1) is 10.5. The molecule has 76 valence electrons. The minimum atomic E-state index is -0.0313. The van der Waals surface area contributed by atoms with Gasteiger partial charge in [0.05, 0.1) is 12.6 Å². The summed E-state index contributed by atoms with van der Waals surface area (Å²) in [6, 6.07) is -0.0313. The minimum absolute atomic E-state index is 0.0313. The highest BCUT2D eigenvalue weighted by atomic mass is 16.5. The van der Waals surface area contributed by atoms with E-state index in [1.807, 2.05) is 0 Å². The standard InChI is InChI=1S/C9H18N2O2/c1-13-6-8(5-10)11-9(12)4-7-2-3-7/h7-8H,2-6,10H2,1H3,(H,11,12). The zero-order valence-electron chi connectivity index (χ0n) is 8.08. The molecule has 1 amide bonds. The van der Waals surface area contributed by atoms with E-state index in [4.69, 9.17) is 10.5 Å². The Morgan fingerprint density at radius 2 is 2.38 bits per heavy atom. The summed E-state index contributed by atoms with van der Waals surface area (Å²) < 4.78 is 4.92. The van der Waals surface area contributed by atoms with Crippen LogP contribution in [-0.4, -0.2) is 32.2 Å². The summed E-state index contributed by atoms with van der Waals surface area (Å²) in [5.41, 5.74) is 5.46. The van der Waals surface area contributed by atoms with E-state index in [0.29, 0.717) is 25.5 Å². The number of carbonyl (C=O) groups is 1. The number of hydrogen-bond acceptors (Lipinski definition) is 3. The maximum Gasteiger partial charge on any atom is 0.220 e. The Hall–Kier alpha value is -0.610. The molecule has 1 rings (SSSR count). The monoisotopic (exact) mass is 186 g/mol. The summed E-state index contributed by atoms with van der Waals surface area (Å²) in [6.45, 7) is 0.928. The lowest BCUT2D eigenvalue weighted by atomic mass is 10.2. The zero-order chi connectivity index (χ0) is 9.68. The molecule has 1 saturated carbocycles. The summed E-state index contributed by atoms with van der Waals surface area (Å²) in [5, 5.41) is 2.85. The third-order valence-electron chi connectivity index (χ3n) is 2.19. The van der Waals surface area contributed by atoms with Crippen molar-refractivity contribution >= 4 is 5.91 Å². The quantitative estimate of drug-likeness (QED) is 0.607. The van der Waals surface area contributed by atoms with Crippen LogP contribution < -0.4 is 11.1 Å². The van der Waals surface area contributed by atoms with Gasteiger partial charge in [0.1, 0.15) is 0 Å². The summed E-state index contributed by atoms with van der Waals surface area (Å²) >= 11 is 0. The van der Waals surface area contributed by atoms with Crippen molar-refractivity contribution in [2.75, 3.05) is 20.3 Å². The summed E-state index contributed by atoms with van der Waals surface area (Å²) in [5.74, 6) is 0.732. The van der Waals surface area contributed by atoms with Gasteiger partial charge in [-0.05, 0) is 18.8 Å². The molecule has 1 fully saturated rings.